The maximum atomic E-state index is 12.7. The van der Waals surface area contributed by atoms with E-state index in [2.05, 4.69) is 11.4 Å². The quantitative estimate of drug-likeness (QED) is 0.849. The molecule has 0 bridgehead atoms. The summed E-state index contributed by atoms with van der Waals surface area (Å²) in [5.74, 6) is 0.103. The molecule has 1 spiro atoms. The molecular weight excluding hydrogens is 250 g/mol. The van der Waals surface area contributed by atoms with E-state index in [4.69, 9.17) is 5.26 Å². The third-order valence-electron chi connectivity index (χ3n) is 4.44. The van der Waals surface area contributed by atoms with Crippen molar-refractivity contribution in [1.82, 2.24) is 5.32 Å². The van der Waals surface area contributed by atoms with Crippen molar-refractivity contribution in [3.05, 3.63) is 29.8 Å². The van der Waals surface area contributed by atoms with Gasteiger partial charge in [0.25, 0.3) is 0 Å². The molecule has 3 rings (SSSR count). The van der Waals surface area contributed by atoms with Crippen LogP contribution in [0.2, 0.25) is 0 Å². The van der Waals surface area contributed by atoms with E-state index in [0.717, 1.165) is 18.8 Å². The van der Waals surface area contributed by atoms with Gasteiger partial charge in [0.15, 0.2) is 0 Å². The van der Waals surface area contributed by atoms with Crippen molar-refractivity contribution in [2.75, 3.05) is 18.0 Å². The summed E-state index contributed by atoms with van der Waals surface area (Å²) in [6.07, 6.45) is 2.35. The molecule has 1 aromatic rings. The lowest BCUT2D eigenvalue weighted by Crippen LogP contribution is -2.51. The molecule has 1 amide bonds. The Kier molecular flexibility index (Phi) is 2.84. The van der Waals surface area contributed by atoms with Gasteiger partial charge >= 0.3 is 0 Å². The van der Waals surface area contributed by atoms with E-state index < -0.39 is 5.54 Å². The first-order valence-electron chi connectivity index (χ1n) is 7.03. The van der Waals surface area contributed by atoms with Crippen molar-refractivity contribution in [1.29, 1.82) is 5.26 Å². The average Bonchev–Trinajstić information content (AvgIpc) is 3.23. The van der Waals surface area contributed by atoms with Crippen LogP contribution in [-0.4, -0.2) is 24.5 Å². The Balaban J connectivity index is 1.95. The smallest absolute Gasteiger partial charge is 0.246 e. The van der Waals surface area contributed by atoms with Gasteiger partial charge in [-0.2, -0.15) is 5.26 Å². The Morgan fingerprint density at radius 3 is 2.45 bits per heavy atom. The average molecular weight is 269 g/mol. The Labute approximate surface area is 119 Å². The highest BCUT2D eigenvalue weighted by molar-refractivity contribution is 6.00. The van der Waals surface area contributed by atoms with Crippen LogP contribution in [0.1, 0.15) is 32.3 Å². The summed E-state index contributed by atoms with van der Waals surface area (Å²) in [7, 11) is 0. The summed E-state index contributed by atoms with van der Waals surface area (Å²) in [5, 5.41) is 12.3. The van der Waals surface area contributed by atoms with Crippen LogP contribution in [0.4, 0.5) is 5.69 Å². The van der Waals surface area contributed by atoms with Gasteiger partial charge in [0, 0.05) is 24.2 Å². The predicted octanol–water partition coefficient (Wildman–Crippen LogP) is 2.05. The number of rotatable bonds is 1. The molecule has 0 aromatic heterocycles. The van der Waals surface area contributed by atoms with E-state index in [1.807, 2.05) is 30.9 Å². The number of nitriles is 1. The molecule has 4 nitrogen and oxygen atoms in total. The SMILES string of the molecule is CC1(C)NCC2(CC2)CN(c2ccc(C#N)cc2)C1=O. The Bertz CT molecular complexity index is 579. The second-order valence-corrected chi connectivity index (χ2v) is 6.53. The Morgan fingerprint density at radius 2 is 1.90 bits per heavy atom. The van der Waals surface area contributed by atoms with Crippen LogP contribution < -0.4 is 10.2 Å². The Morgan fingerprint density at radius 1 is 1.25 bits per heavy atom. The van der Waals surface area contributed by atoms with Crippen LogP contribution in [0.25, 0.3) is 0 Å². The summed E-state index contributed by atoms with van der Waals surface area (Å²) in [6.45, 7) is 5.55. The van der Waals surface area contributed by atoms with Crippen LogP contribution in [0.5, 0.6) is 0 Å². The summed E-state index contributed by atoms with van der Waals surface area (Å²) < 4.78 is 0. The lowest BCUT2D eigenvalue weighted by atomic mass is 10.0. The van der Waals surface area contributed by atoms with Crippen LogP contribution in [0.3, 0.4) is 0 Å². The zero-order chi connectivity index (χ0) is 14.4. The lowest BCUT2D eigenvalue weighted by molar-refractivity contribution is -0.123. The normalized spacial score (nSPS) is 23.2. The minimum atomic E-state index is -0.542. The van der Waals surface area contributed by atoms with Crippen molar-refractivity contribution in [3.8, 4) is 6.07 Å². The van der Waals surface area contributed by atoms with Crippen LogP contribution in [0.15, 0.2) is 24.3 Å². The predicted molar refractivity (Wildman–Crippen MR) is 77.3 cm³/mol. The van der Waals surface area contributed by atoms with Crippen molar-refractivity contribution in [2.24, 2.45) is 5.41 Å². The highest BCUT2D eigenvalue weighted by Gasteiger charge is 2.50. The van der Waals surface area contributed by atoms with Crippen LogP contribution in [-0.2, 0) is 4.79 Å². The van der Waals surface area contributed by atoms with Crippen molar-refractivity contribution in [2.45, 2.75) is 32.2 Å². The van der Waals surface area contributed by atoms with Crippen molar-refractivity contribution in [3.63, 3.8) is 0 Å². The highest BCUT2D eigenvalue weighted by Crippen LogP contribution is 2.48. The molecule has 1 saturated carbocycles. The van der Waals surface area contributed by atoms with Gasteiger partial charge in [-0.3, -0.25) is 4.79 Å². The maximum Gasteiger partial charge on any atom is 0.246 e. The van der Waals surface area contributed by atoms with E-state index in [1.165, 1.54) is 12.8 Å². The molecule has 0 radical (unpaired) electrons. The van der Waals surface area contributed by atoms with Crippen LogP contribution >= 0.6 is 0 Å². The van der Waals surface area contributed by atoms with Gasteiger partial charge in [-0.25, -0.2) is 0 Å². The molecule has 1 aliphatic carbocycles. The minimum absolute atomic E-state index is 0.103. The Hall–Kier alpha value is -1.86. The third kappa shape index (κ3) is 2.19. The van der Waals surface area contributed by atoms with Gasteiger partial charge in [0.1, 0.15) is 0 Å². The van der Waals surface area contributed by atoms with E-state index in [9.17, 15) is 4.79 Å². The molecule has 0 atom stereocenters. The highest BCUT2D eigenvalue weighted by atomic mass is 16.2. The van der Waals surface area contributed by atoms with E-state index in [-0.39, 0.29) is 11.3 Å². The fourth-order valence-corrected chi connectivity index (χ4v) is 2.72. The number of hydrogen-bond donors (Lipinski definition) is 1. The fourth-order valence-electron chi connectivity index (χ4n) is 2.72. The molecule has 2 aliphatic rings. The van der Waals surface area contributed by atoms with Gasteiger partial charge in [0.2, 0.25) is 5.91 Å². The number of anilines is 1. The first-order valence-corrected chi connectivity index (χ1v) is 7.03. The molecule has 1 saturated heterocycles. The minimum Gasteiger partial charge on any atom is -0.310 e. The van der Waals surface area contributed by atoms with Crippen LogP contribution in [0, 0.1) is 16.7 Å². The van der Waals surface area contributed by atoms with Crippen molar-refractivity contribution >= 4 is 11.6 Å². The van der Waals surface area contributed by atoms with Gasteiger partial charge < -0.3 is 10.2 Å². The molecule has 20 heavy (non-hydrogen) atoms. The van der Waals surface area contributed by atoms with Gasteiger partial charge in [0.05, 0.1) is 17.2 Å². The zero-order valence-corrected chi connectivity index (χ0v) is 11.9. The summed E-state index contributed by atoms with van der Waals surface area (Å²) >= 11 is 0. The van der Waals surface area contributed by atoms with Crippen molar-refractivity contribution < 1.29 is 4.79 Å². The maximum absolute atomic E-state index is 12.7. The number of nitrogens with one attached hydrogen (secondary N) is 1. The second-order valence-electron chi connectivity index (χ2n) is 6.53. The molecular formula is C16H19N3O. The number of amides is 1. The van der Waals surface area contributed by atoms with E-state index in [1.54, 1.807) is 12.1 Å². The molecule has 104 valence electrons. The molecule has 2 fully saturated rings. The lowest BCUT2D eigenvalue weighted by Gasteiger charge is -2.29. The van der Waals surface area contributed by atoms with E-state index >= 15 is 0 Å². The molecule has 1 aliphatic heterocycles. The molecule has 1 heterocycles. The van der Waals surface area contributed by atoms with Gasteiger partial charge in [-0.1, -0.05) is 0 Å². The number of nitrogens with zero attached hydrogens (tertiary/aromatic N) is 2. The molecule has 1 N–H and O–H groups in total. The zero-order valence-electron chi connectivity index (χ0n) is 11.9. The van der Waals surface area contributed by atoms with E-state index in [0.29, 0.717) is 5.56 Å². The number of carbonyl (C=O) groups excluding carboxylic acids is 1. The number of carbonyl (C=O) groups is 1. The van der Waals surface area contributed by atoms with Gasteiger partial charge in [-0.15, -0.1) is 0 Å². The topological polar surface area (TPSA) is 56.1 Å². The first-order chi connectivity index (χ1) is 9.46. The second kappa shape index (κ2) is 4.32. The summed E-state index contributed by atoms with van der Waals surface area (Å²) in [6, 6.07) is 9.39. The molecule has 0 unspecified atom stereocenters. The number of benzene rings is 1. The fraction of sp³-hybridized carbons (Fsp3) is 0.500. The monoisotopic (exact) mass is 269 g/mol. The summed E-state index contributed by atoms with van der Waals surface area (Å²) in [4.78, 5) is 14.6. The summed E-state index contributed by atoms with van der Waals surface area (Å²) in [5.41, 5.74) is 1.21. The standard InChI is InChI=1S/C16H19N3O/c1-15(2)14(20)19(11-16(7-8-16)10-18-15)13-5-3-12(9-17)4-6-13/h3-6,18H,7-8,10-11H2,1-2H3. The molecule has 1 aromatic carbocycles. The third-order valence-corrected chi connectivity index (χ3v) is 4.44. The molecule has 4 heteroatoms. The largest absolute Gasteiger partial charge is 0.310 e. The first kappa shape index (κ1) is 13.1. The van der Waals surface area contributed by atoms with Gasteiger partial charge in [-0.05, 0) is 51.0 Å². The number of hydrogen-bond acceptors (Lipinski definition) is 3.